The average molecular weight is 331 g/mol. The number of aromatic nitrogens is 1. The zero-order chi connectivity index (χ0) is 14.7. The molecule has 0 aliphatic rings. The lowest BCUT2D eigenvalue weighted by Crippen LogP contribution is -2.04. The Balaban J connectivity index is 2.14. The van der Waals surface area contributed by atoms with Gasteiger partial charge in [0.05, 0.1) is 15.7 Å². The highest BCUT2D eigenvalue weighted by Gasteiger charge is 2.11. The largest absolute Gasteiger partial charge is 0.485 e. The molecular formula is C14H16Cl2N2OS. The fourth-order valence-electron chi connectivity index (χ4n) is 1.73. The summed E-state index contributed by atoms with van der Waals surface area (Å²) in [5, 5.41) is 4.13. The number of hydrogen-bond acceptors (Lipinski definition) is 4. The number of nitrogens with two attached hydrogens (primary N) is 1. The van der Waals surface area contributed by atoms with Gasteiger partial charge in [0.15, 0.2) is 0 Å². The van der Waals surface area contributed by atoms with Crippen molar-refractivity contribution in [3.8, 4) is 5.75 Å². The molecule has 3 nitrogen and oxygen atoms in total. The maximum atomic E-state index is 6.15. The molecule has 0 amide bonds. The zero-order valence-corrected chi connectivity index (χ0v) is 13.6. The standard InChI is InChI=1S/C14H16Cl2N2OS/c1-8(2)14-18-11(7-20-14)6-19-13-9(5-17)3-10(15)4-12(13)16/h3-4,7-8H,5-6,17H2,1-2H3. The highest BCUT2D eigenvalue weighted by molar-refractivity contribution is 7.09. The molecule has 2 aromatic rings. The second-order valence-electron chi connectivity index (χ2n) is 4.70. The van der Waals surface area contributed by atoms with Crippen molar-refractivity contribution in [3.63, 3.8) is 0 Å². The minimum atomic E-state index is 0.323. The number of benzene rings is 1. The molecule has 0 aliphatic heterocycles. The van der Waals surface area contributed by atoms with Gasteiger partial charge in [-0.05, 0) is 12.1 Å². The van der Waals surface area contributed by atoms with E-state index in [2.05, 4.69) is 18.8 Å². The molecule has 0 unspecified atom stereocenters. The quantitative estimate of drug-likeness (QED) is 0.870. The van der Waals surface area contributed by atoms with Crippen LogP contribution in [0.25, 0.3) is 0 Å². The van der Waals surface area contributed by atoms with E-state index in [0.717, 1.165) is 16.3 Å². The van der Waals surface area contributed by atoms with Crippen LogP contribution in [0.3, 0.4) is 0 Å². The first-order valence-corrected chi connectivity index (χ1v) is 7.90. The van der Waals surface area contributed by atoms with Crippen molar-refractivity contribution in [2.45, 2.75) is 32.9 Å². The van der Waals surface area contributed by atoms with Crippen LogP contribution in [-0.4, -0.2) is 4.98 Å². The fourth-order valence-corrected chi connectivity index (χ4v) is 3.14. The number of ether oxygens (including phenoxy) is 1. The first-order chi connectivity index (χ1) is 9.51. The molecule has 0 spiro atoms. The molecule has 20 heavy (non-hydrogen) atoms. The lowest BCUT2D eigenvalue weighted by molar-refractivity contribution is 0.299. The van der Waals surface area contributed by atoms with Crippen molar-refractivity contribution in [1.82, 2.24) is 4.98 Å². The number of halogens is 2. The van der Waals surface area contributed by atoms with Gasteiger partial charge in [0.2, 0.25) is 0 Å². The van der Waals surface area contributed by atoms with Crippen molar-refractivity contribution in [1.29, 1.82) is 0 Å². The van der Waals surface area contributed by atoms with Crippen LogP contribution in [-0.2, 0) is 13.2 Å². The zero-order valence-electron chi connectivity index (χ0n) is 11.3. The van der Waals surface area contributed by atoms with E-state index < -0.39 is 0 Å². The minimum absolute atomic E-state index is 0.323. The van der Waals surface area contributed by atoms with Gasteiger partial charge in [-0.25, -0.2) is 4.98 Å². The third-order valence-electron chi connectivity index (χ3n) is 2.73. The topological polar surface area (TPSA) is 48.1 Å². The number of rotatable bonds is 5. The summed E-state index contributed by atoms with van der Waals surface area (Å²) >= 11 is 13.7. The maximum absolute atomic E-state index is 6.15. The molecule has 2 N–H and O–H groups in total. The van der Waals surface area contributed by atoms with Crippen LogP contribution < -0.4 is 10.5 Å². The first-order valence-electron chi connectivity index (χ1n) is 6.26. The molecule has 1 aromatic carbocycles. The highest BCUT2D eigenvalue weighted by atomic mass is 35.5. The molecule has 0 aliphatic carbocycles. The van der Waals surface area contributed by atoms with Crippen LogP contribution in [0.15, 0.2) is 17.5 Å². The second-order valence-corrected chi connectivity index (χ2v) is 6.43. The summed E-state index contributed by atoms with van der Waals surface area (Å²) in [6.07, 6.45) is 0. The molecule has 0 radical (unpaired) electrons. The maximum Gasteiger partial charge on any atom is 0.143 e. The molecule has 1 aromatic heterocycles. The summed E-state index contributed by atoms with van der Waals surface area (Å²) in [5.74, 6) is 1.00. The Morgan fingerprint density at radius 3 is 2.70 bits per heavy atom. The minimum Gasteiger partial charge on any atom is -0.485 e. The summed E-state index contributed by atoms with van der Waals surface area (Å²) in [4.78, 5) is 4.52. The summed E-state index contributed by atoms with van der Waals surface area (Å²) in [6.45, 7) is 4.93. The third-order valence-corrected chi connectivity index (χ3v) is 4.43. The van der Waals surface area contributed by atoms with E-state index in [1.54, 1.807) is 23.5 Å². The van der Waals surface area contributed by atoms with E-state index in [-0.39, 0.29) is 0 Å². The van der Waals surface area contributed by atoms with Crippen LogP contribution in [0.4, 0.5) is 0 Å². The molecule has 0 bridgehead atoms. The van der Waals surface area contributed by atoms with E-state index in [4.69, 9.17) is 33.7 Å². The predicted octanol–water partition coefficient (Wildman–Crippen LogP) is 4.61. The van der Waals surface area contributed by atoms with Gasteiger partial charge in [-0.15, -0.1) is 11.3 Å². The highest BCUT2D eigenvalue weighted by Crippen LogP contribution is 2.33. The van der Waals surface area contributed by atoms with Crippen LogP contribution in [0.5, 0.6) is 5.75 Å². The van der Waals surface area contributed by atoms with Crippen LogP contribution in [0.2, 0.25) is 10.0 Å². The Bertz CT molecular complexity index is 599. The van der Waals surface area contributed by atoms with Crippen molar-refractivity contribution in [3.05, 3.63) is 43.8 Å². The summed E-state index contributed by atoms with van der Waals surface area (Å²) in [6, 6.07) is 3.42. The van der Waals surface area contributed by atoms with Crippen LogP contribution >= 0.6 is 34.5 Å². The fraction of sp³-hybridized carbons (Fsp3) is 0.357. The number of hydrogen-bond donors (Lipinski definition) is 1. The molecule has 0 saturated carbocycles. The van der Waals surface area contributed by atoms with Crippen molar-refractivity contribution >= 4 is 34.5 Å². The lowest BCUT2D eigenvalue weighted by atomic mass is 10.2. The monoisotopic (exact) mass is 330 g/mol. The summed E-state index contributed by atoms with van der Waals surface area (Å²) < 4.78 is 5.77. The molecule has 108 valence electrons. The molecule has 0 saturated heterocycles. The van der Waals surface area contributed by atoms with Gasteiger partial charge in [0, 0.05) is 28.4 Å². The molecule has 2 rings (SSSR count). The van der Waals surface area contributed by atoms with Crippen LogP contribution in [0, 0.1) is 0 Å². The van der Waals surface area contributed by atoms with E-state index in [0.29, 0.717) is 34.9 Å². The van der Waals surface area contributed by atoms with Crippen LogP contribution in [0.1, 0.15) is 36.0 Å². The number of thiazole rings is 1. The van der Waals surface area contributed by atoms with Gasteiger partial charge in [-0.1, -0.05) is 37.0 Å². The summed E-state index contributed by atoms with van der Waals surface area (Å²) in [5.41, 5.74) is 7.38. The molecular weight excluding hydrogens is 315 g/mol. The van der Waals surface area contributed by atoms with Gasteiger partial charge in [0.1, 0.15) is 12.4 Å². The SMILES string of the molecule is CC(C)c1nc(COc2c(Cl)cc(Cl)cc2CN)cs1. The van der Waals surface area contributed by atoms with Gasteiger partial charge < -0.3 is 10.5 Å². The Hall–Kier alpha value is -0.810. The predicted molar refractivity (Wildman–Crippen MR) is 84.9 cm³/mol. The van der Waals surface area contributed by atoms with Gasteiger partial charge >= 0.3 is 0 Å². The lowest BCUT2D eigenvalue weighted by Gasteiger charge is -2.12. The molecule has 1 heterocycles. The van der Waals surface area contributed by atoms with Crippen molar-refractivity contribution in [2.24, 2.45) is 5.73 Å². The Morgan fingerprint density at radius 1 is 1.35 bits per heavy atom. The second kappa shape index (κ2) is 6.76. The summed E-state index contributed by atoms with van der Waals surface area (Å²) in [7, 11) is 0. The van der Waals surface area contributed by atoms with E-state index in [1.165, 1.54) is 0 Å². The number of nitrogens with zero attached hydrogens (tertiary/aromatic N) is 1. The van der Waals surface area contributed by atoms with Gasteiger partial charge in [-0.2, -0.15) is 0 Å². The molecule has 0 fully saturated rings. The van der Waals surface area contributed by atoms with E-state index in [1.807, 2.05) is 5.38 Å². The van der Waals surface area contributed by atoms with Gasteiger partial charge in [0.25, 0.3) is 0 Å². The van der Waals surface area contributed by atoms with Crippen molar-refractivity contribution < 1.29 is 4.74 Å². The third kappa shape index (κ3) is 3.64. The van der Waals surface area contributed by atoms with Crippen molar-refractivity contribution in [2.75, 3.05) is 0 Å². The Morgan fingerprint density at radius 2 is 2.10 bits per heavy atom. The van der Waals surface area contributed by atoms with E-state index >= 15 is 0 Å². The Labute approximate surface area is 132 Å². The average Bonchev–Trinajstić information content (AvgIpc) is 2.85. The van der Waals surface area contributed by atoms with E-state index in [9.17, 15) is 0 Å². The first kappa shape index (κ1) is 15.6. The molecule has 6 heteroatoms. The Kier molecular flexibility index (Phi) is 5.27. The normalized spacial score (nSPS) is 11.1. The smallest absolute Gasteiger partial charge is 0.143 e. The van der Waals surface area contributed by atoms with Gasteiger partial charge in [-0.3, -0.25) is 0 Å². The molecule has 0 atom stereocenters.